The molecule has 3 N–H and O–H groups in total. The van der Waals surface area contributed by atoms with Crippen molar-refractivity contribution in [2.45, 2.75) is 38.8 Å². The van der Waals surface area contributed by atoms with E-state index in [4.69, 9.17) is 18.6 Å². The van der Waals surface area contributed by atoms with Crippen molar-refractivity contribution in [2.75, 3.05) is 98.1 Å². The fourth-order valence-electron chi connectivity index (χ4n) is 9.27. The number of rotatable bonds is 17. The number of benzene rings is 4. The number of hydrogen-bond acceptors (Lipinski definition) is 16. The van der Waals surface area contributed by atoms with Gasteiger partial charge in [0.1, 0.15) is 17.2 Å². The van der Waals surface area contributed by atoms with Crippen molar-refractivity contribution in [3.05, 3.63) is 135 Å². The highest BCUT2D eigenvalue weighted by Crippen LogP contribution is 2.41. The molecule has 0 saturated carbocycles. The molecule has 2 aliphatic rings. The van der Waals surface area contributed by atoms with Crippen molar-refractivity contribution in [3.63, 3.8) is 0 Å². The van der Waals surface area contributed by atoms with E-state index >= 15 is 0 Å². The van der Waals surface area contributed by atoms with Gasteiger partial charge in [0, 0.05) is 121 Å². The Morgan fingerprint density at radius 3 is 1.68 bits per heavy atom. The Hall–Kier alpha value is -8.27. The third kappa shape index (κ3) is 12.1. The van der Waals surface area contributed by atoms with Crippen molar-refractivity contribution < 1.29 is 27.8 Å². The van der Waals surface area contributed by atoms with E-state index in [1.54, 1.807) is 25.6 Å². The zero-order valence-corrected chi connectivity index (χ0v) is 43.1. The van der Waals surface area contributed by atoms with Gasteiger partial charge in [-0.2, -0.15) is 4.39 Å². The quantitative estimate of drug-likeness (QED) is 0.0573. The topological polar surface area (TPSA) is 212 Å². The van der Waals surface area contributed by atoms with Gasteiger partial charge in [-0.3, -0.25) is 20.2 Å². The van der Waals surface area contributed by atoms with Crippen molar-refractivity contribution in [2.24, 2.45) is 0 Å². The summed E-state index contributed by atoms with van der Waals surface area (Å²) >= 11 is 0. The van der Waals surface area contributed by atoms with Crippen LogP contribution in [-0.2, 0) is 25.9 Å². The fraction of sp³-hybridized carbons (Fsp3) is 0.333. The molecule has 2 aliphatic heterocycles. The first kappa shape index (κ1) is 49.0. The number of para-hydroxylation sites is 2. The second-order valence-electron chi connectivity index (χ2n) is 18.6. The third-order valence-electron chi connectivity index (χ3n) is 12.9. The second kappa shape index (κ2) is 23.7. The van der Waals surface area contributed by atoms with Gasteiger partial charge in [-0.25, -0.2) is 19.9 Å². The number of hydrogen-bond donors (Lipinski definition) is 3. The Labute approximate surface area is 438 Å². The Kier molecular flexibility index (Phi) is 15.5. The van der Waals surface area contributed by atoms with Crippen LogP contribution in [0, 0.1) is 26.0 Å². The van der Waals surface area contributed by atoms with Crippen molar-refractivity contribution >= 4 is 62.1 Å². The predicted molar refractivity (Wildman–Crippen MR) is 293 cm³/mol. The highest BCUT2D eigenvalue weighted by atomic mass is 19.1. The Morgan fingerprint density at radius 1 is 0.693 bits per heavy atom. The molecule has 0 fully saturated rings. The number of nitrogens with one attached hydrogen (secondary N) is 3. The monoisotopic (exact) mass is 1030 g/mol. The van der Waals surface area contributed by atoms with E-state index in [0.717, 1.165) is 91.9 Å². The summed E-state index contributed by atoms with van der Waals surface area (Å²) < 4.78 is 49.6. The largest absolute Gasteiger partial charge is 0.494 e. The molecule has 6 heterocycles. The first-order valence-electron chi connectivity index (χ1n) is 25.9. The predicted octanol–water partition coefficient (Wildman–Crippen LogP) is 9.31. The van der Waals surface area contributed by atoms with E-state index in [9.17, 15) is 24.6 Å². The van der Waals surface area contributed by atoms with Crippen LogP contribution in [0.2, 0.25) is 0 Å². The van der Waals surface area contributed by atoms with Crippen LogP contribution < -0.4 is 30.3 Å². The average molecular weight is 1030 g/mol. The van der Waals surface area contributed by atoms with Gasteiger partial charge in [-0.05, 0) is 84.1 Å². The number of nitrogens with zero attached hydrogens (tertiary/aromatic N) is 11. The van der Waals surface area contributed by atoms with Crippen LogP contribution in [0.3, 0.4) is 0 Å². The van der Waals surface area contributed by atoms with E-state index in [1.165, 1.54) is 40.7 Å². The maximum atomic E-state index is 13.9. The number of halogens is 1. The van der Waals surface area contributed by atoms with E-state index in [-0.39, 0.29) is 28.0 Å². The van der Waals surface area contributed by atoms with Gasteiger partial charge in [0.05, 0.1) is 57.9 Å². The van der Waals surface area contributed by atoms with Crippen LogP contribution in [-0.4, -0.2) is 131 Å². The third-order valence-corrected chi connectivity index (χ3v) is 12.9. The van der Waals surface area contributed by atoms with Gasteiger partial charge in [0.15, 0.2) is 0 Å². The van der Waals surface area contributed by atoms with Crippen molar-refractivity contribution in [3.8, 4) is 34.0 Å². The molecule has 75 heavy (non-hydrogen) atoms. The van der Waals surface area contributed by atoms with E-state index in [1.807, 2.05) is 62.1 Å². The lowest BCUT2D eigenvalue weighted by Crippen LogP contribution is -2.28. The van der Waals surface area contributed by atoms with Crippen LogP contribution in [0.1, 0.15) is 28.1 Å². The number of nitro groups is 2. The Morgan fingerprint density at radius 2 is 1.20 bits per heavy atom. The smallest absolute Gasteiger partial charge is 0.307 e. The molecule has 4 aromatic heterocycles. The number of aromatic nitrogens is 6. The molecule has 0 saturated heterocycles. The normalized spacial score (nSPS) is 13.2. The van der Waals surface area contributed by atoms with Gasteiger partial charge in [0.2, 0.25) is 17.7 Å². The number of methoxy groups -OCH3 is 2. The van der Waals surface area contributed by atoms with Crippen LogP contribution in [0.25, 0.3) is 44.3 Å². The van der Waals surface area contributed by atoms with Gasteiger partial charge >= 0.3 is 5.69 Å². The minimum atomic E-state index is -1.99. The highest BCUT2D eigenvalue weighted by Gasteiger charge is 2.25. The Balaban J connectivity index is 0.000000177. The molecule has 0 atom stereocenters. The lowest BCUT2D eigenvalue weighted by atomic mass is 10.0. The molecule has 4 aromatic carbocycles. The summed E-state index contributed by atoms with van der Waals surface area (Å²) in [5.74, 6) is 0.174. The fourth-order valence-corrected chi connectivity index (χ4v) is 9.27. The molecule has 20 nitrogen and oxygen atoms in total. The van der Waals surface area contributed by atoms with Crippen LogP contribution in [0.5, 0.6) is 11.5 Å². The van der Waals surface area contributed by atoms with E-state index in [2.05, 4.69) is 88.8 Å². The standard InChI is InChI=1S/C27H31N7O3.C22H18FN5O3.C5H14N2/c1-31(2)13-14-32(3)23-16-25(37-4)22(15-24(23)34(35)36)30-27-28-11-10-21(29-27)20-17-33-12-6-8-18-7-5-9-19(20)26(18)33;1-31-20-10-16(23)19(28(29)30)11-18(20)26-22-24-8-7-17(25-22)15-12-27-9-3-5-13-4-2-6-14(15)21(13)27;1-6-4-5-7(2)3/h5,7,9-11,15-17H,6,8,12-14H2,1-4H3,(H,28,29,30);2,4,6-8,10-12H,3,5,9H2,1H3,(H,24,25,26);6H,4-5H2,1-3H3/i;;1D3. The summed E-state index contributed by atoms with van der Waals surface area (Å²) in [6, 6.07) is 21.6. The number of anilines is 5. The lowest BCUT2D eigenvalue weighted by Gasteiger charge is -2.22. The molecule has 0 bridgehead atoms. The SMILES string of the molecule is COc1cc(F)c([N+](=O)[O-])cc1Nc1nccc(-c2cn3c4c(cccc24)CCC3)n1.COc1cc(N(C)CCN(C)C)c([N+](=O)[O-])cc1Nc1nccc(-c2cn3c4c(cccc24)CCC3)n1.[2H]C([2H])([2H])NCCN(C)C. The molecule has 10 rings (SSSR count). The summed E-state index contributed by atoms with van der Waals surface area (Å²) in [6.45, 7) is 2.59. The molecule has 0 radical (unpaired) electrons. The molecule has 0 unspecified atom stereocenters. The summed E-state index contributed by atoms with van der Waals surface area (Å²) in [5, 5.41) is 33.9. The van der Waals surface area contributed by atoms with Crippen molar-refractivity contribution in [1.82, 2.24) is 44.2 Å². The van der Waals surface area contributed by atoms with E-state index < -0.39 is 23.4 Å². The zero-order chi connectivity index (χ0) is 55.8. The minimum Gasteiger partial charge on any atom is -0.494 e. The van der Waals surface area contributed by atoms with Crippen LogP contribution in [0.4, 0.5) is 44.7 Å². The number of likely N-dealkylation sites (N-methyl/N-ethyl adjacent to an activating group) is 4. The lowest BCUT2D eigenvalue weighted by molar-refractivity contribution is -0.387. The van der Waals surface area contributed by atoms with Crippen LogP contribution in [0.15, 0.2) is 97.6 Å². The molecule has 0 aliphatic carbocycles. The summed E-state index contributed by atoms with van der Waals surface area (Å²) in [7, 11) is 12.5. The molecular formula is C54H63FN14O6. The first-order valence-corrected chi connectivity index (χ1v) is 24.4. The van der Waals surface area contributed by atoms with Gasteiger partial charge < -0.3 is 49.3 Å². The number of nitro benzene ring substituents is 2. The zero-order valence-electron chi connectivity index (χ0n) is 46.1. The average Bonchev–Trinajstić information content (AvgIpc) is 4.07. The maximum Gasteiger partial charge on any atom is 0.307 e. The minimum absolute atomic E-state index is 0.0188. The number of ether oxygens (including phenoxy) is 2. The summed E-state index contributed by atoms with van der Waals surface area (Å²) in [4.78, 5) is 45.7. The molecular weight excluding hydrogens is 960 g/mol. The van der Waals surface area contributed by atoms with Crippen LogP contribution >= 0.6 is 0 Å². The van der Waals surface area contributed by atoms with Gasteiger partial charge in [-0.15, -0.1) is 0 Å². The molecule has 8 aromatic rings. The second-order valence-corrected chi connectivity index (χ2v) is 18.6. The Bertz CT molecular complexity index is 3460. The first-order chi connectivity index (χ1) is 37.3. The number of aryl methyl sites for hydroxylation is 4. The molecule has 21 heteroatoms. The summed E-state index contributed by atoms with van der Waals surface area (Å²) in [6.07, 6.45) is 11.9. The van der Waals surface area contributed by atoms with Gasteiger partial charge in [0.25, 0.3) is 5.69 Å². The van der Waals surface area contributed by atoms with Crippen molar-refractivity contribution in [1.29, 1.82) is 0 Å². The summed E-state index contributed by atoms with van der Waals surface area (Å²) in [5.41, 5.74) is 9.15. The molecule has 392 valence electrons. The highest BCUT2D eigenvalue weighted by molar-refractivity contribution is 5.98. The molecule has 0 amide bonds. The van der Waals surface area contributed by atoms with Gasteiger partial charge in [-0.1, -0.05) is 36.4 Å². The van der Waals surface area contributed by atoms with E-state index in [0.29, 0.717) is 36.2 Å². The maximum absolute atomic E-state index is 13.9. The molecule has 0 spiro atoms.